The summed E-state index contributed by atoms with van der Waals surface area (Å²) in [5.74, 6) is -0.518. The first-order valence-electron chi connectivity index (χ1n) is 11.1. The van der Waals surface area contributed by atoms with Gasteiger partial charge in [0.1, 0.15) is 0 Å². The third-order valence-electron chi connectivity index (χ3n) is 5.23. The molecule has 0 aliphatic heterocycles. The molecule has 1 aliphatic rings. The lowest BCUT2D eigenvalue weighted by Crippen LogP contribution is -2.50. The van der Waals surface area contributed by atoms with Gasteiger partial charge in [-0.2, -0.15) is 4.98 Å². The van der Waals surface area contributed by atoms with Crippen LogP contribution in [0.3, 0.4) is 0 Å². The fourth-order valence-corrected chi connectivity index (χ4v) is 3.29. The average molecular weight is 498 g/mol. The van der Waals surface area contributed by atoms with Crippen molar-refractivity contribution in [2.45, 2.75) is 24.1 Å². The van der Waals surface area contributed by atoms with Crippen LogP contribution >= 0.6 is 0 Å². The van der Waals surface area contributed by atoms with E-state index < -0.39 is 17.2 Å². The van der Waals surface area contributed by atoms with E-state index in [4.69, 9.17) is 38.5 Å². The van der Waals surface area contributed by atoms with Gasteiger partial charge in [-0.1, -0.05) is 16.5 Å². The number of hydrogen-bond donors (Lipinski definition) is 5. The van der Waals surface area contributed by atoms with Crippen LogP contribution in [0.5, 0.6) is 5.75 Å². The number of anilines is 3. The fraction of sp³-hybridized carbons (Fsp3) is 0.333. The number of nitrogens with zero attached hydrogens (tertiary/aromatic N) is 4. The highest BCUT2D eigenvalue weighted by Crippen LogP contribution is 2.38. The SMILES string of the molecule is [B]C([B])([B])NC(=O)c1nnc(NC(=O)C2CC2)cc1Nc1cccc(-c2nc([C@@H](N)CO)no2)c1OC. The van der Waals surface area contributed by atoms with Gasteiger partial charge in [0, 0.05) is 12.0 Å². The standard InChI is InChI=1S/C21H21B3N8O5/c1-36-16-10(20-28-17(32-37-20)11(25)8-33)3-2-4-12(16)26-13-7-14(27-18(34)9-5-6-9)30-31-15(13)19(35)29-21(22,23)24/h2-4,7,9,11,33H,5-6,8,25H2,1H3,(H,29,35)(H2,26,27,30,34)/t11-/m0/s1. The van der Waals surface area contributed by atoms with Gasteiger partial charge in [0.25, 0.3) is 11.8 Å². The number of carbonyl (C=O) groups is 2. The Hall–Kier alpha value is -3.91. The van der Waals surface area contributed by atoms with E-state index in [2.05, 4.69) is 36.3 Å². The predicted molar refractivity (Wildman–Crippen MR) is 134 cm³/mol. The fourth-order valence-electron chi connectivity index (χ4n) is 3.29. The Morgan fingerprint density at radius 1 is 1.27 bits per heavy atom. The maximum absolute atomic E-state index is 12.8. The molecule has 1 saturated carbocycles. The summed E-state index contributed by atoms with van der Waals surface area (Å²) in [4.78, 5) is 29.2. The van der Waals surface area contributed by atoms with Crippen molar-refractivity contribution in [3.8, 4) is 17.2 Å². The average Bonchev–Trinajstić information content (AvgIpc) is 3.59. The Morgan fingerprint density at radius 3 is 2.68 bits per heavy atom. The number of methoxy groups -OCH3 is 1. The maximum Gasteiger partial charge on any atom is 0.272 e. The van der Waals surface area contributed by atoms with Crippen molar-refractivity contribution < 1.29 is 24.0 Å². The molecule has 1 aliphatic carbocycles. The highest BCUT2D eigenvalue weighted by Gasteiger charge is 2.30. The molecule has 4 rings (SSSR count). The van der Waals surface area contributed by atoms with Gasteiger partial charge >= 0.3 is 0 Å². The zero-order valence-corrected chi connectivity index (χ0v) is 19.8. The summed E-state index contributed by atoms with van der Waals surface area (Å²) in [6, 6.07) is 5.59. The van der Waals surface area contributed by atoms with Crippen LogP contribution in [-0.2, 0) is 4.79 Å². The van der Waals surface area contributed by atoms with E-state index in [9.17, 15) is 14.7 Å². The summed E-state index contributed by atoms with van der Waals surface area (Å²) >= 11 is 0. The van der Waals surface area contributed by atoms with E-state index in [1.54, 1.807) is 18.2 Å². The molecule has 2 aromatic heterocycles. The Morgan fingerprint density at radius 2 is 2.03 bits per heavy atom. The number of nitrogens with one attached hydrogen (secondary N) is 3. The van der Waals surface area contributed by atoms with Crippen LogP contribution in [0.4, 0.5) is 17.2 Å². The van der Waals surface area contributed by atoms with Gasteiger partial charge < -0.3 is 36.1 Å². The van der Waals surface area contributed by atoms with Crippen molar-refractivity contribution in [1.82, 2.24) is 25.7 Å². The van der Waals surface area contributed by atoms with Crippen LogP contribution in [0.1, 0.15) is 35.2 Å². The highest BCUT2D eigenvalue weighted by atomic mass is 16.5. The summed E-state index contributed by atoms with van der Waals surface area (Å²) in [6.45, 7) is -0.368. The molecule has 2 amide bonds. The van der Waals surface area contributed by atoms with Gasteiger partial charge in [-0.3, -0.25) is 9.59 Å². The van der Waals surface area contributed by atoms with Crippen molar-refractivity contribution >= 4 is 52.5 Å². The molecule has 1 aromatic carbocycles. The summed E-state index contributed by atoms with van der Waals surface area (Å²) in [6.07, 6.45) is 1.59. The Balaban J connectivity index is 1.71. The molecule has 13 nitrogen and oxygen atoms in total. The number of amides is 2. The van der Waals surface area contributed by atoms with Crippen LogP contribution < -0.4 is 26.4 Å². The van der Waals surface area contributed by atoms with Crippen molar-refractivity contribution in [2.24, 2.45) is 11.7 Å². The minimum Gasteiger partial charge on any atom is -0.494 e. The first-order valence-corrected chi connectivity index (χ1v) is 11.1. The molecule has 3 aromatic rings. The van der Waals surface area contributed by atoms with E-state index in [-0.39, 0.29) is 53.1 Å². The summed E-state index contributed by atoms with van der Waals surface area (Å²) in [5, 5.41) is 26.8. The molecule has 0 bridgehead atoms. The first kappa shape index (κ1) is 26.2. The molecule has 0 unspecified atom stereocenters. The van der Waals surface area contributed by atoms with Gasteiger partial charge in [0.15, 0.2) is 23.1 Å². The first-order chi connectivity index (χ1) is 17.6. The molecular formula is C21H21B3N8O5. The number of nitrogens with two attached hydrogens (primary N) is 1. The van der Waals surface area contributed by atoms with Crippen LogP contribution in [0.25, 0.3) is 11.5 Å². The molecular weight excluding hydrogens is 477 g/mol. The van der Waals surface area contributed by atoms with Crippen molar-refractivity contribution in [3.63, 3.8) is 0 Å². The minimum atomic E-state index is -2.02. The number of carbonyl (C=O) groups excluding carboxylic acids is 2. The third-order valence-corrected chi connectivity index (χ3v) is 5.23. The van der Waals surface area contributed by atoms with E-state index in [0.717, 1.165) is 12.8 Å². The Kier molecular flexibility index (Phi) is 7.50. The minimum absolute atomic E-state index is 0.0801. The molecule has 0 spiro atoms. The number of aromatic nitrogens is 4. The van der Waals surface area contributed by atoms with E-state index in [1.807, 2.05) is 0 Å². The Bertz CT molecular complexity index is 1310. The number of rotatable bonds is 10. The van der Waals surface area contributed by atoms with Crippen LogP contribution in [0, 0.1) is 5.92 Å². The zero-order chi connectivity index (χ0) is 26.7. The normalized spacial score (nSPS) is 14.0. The summed E-state index contributed by atoms with van der Waals surface area (Å²) in [7, 11) is 17.9. The van der Waals surface area contributed by atoms with Gasteiger partial charge in [0.2, 0.25) is 5.91 Å². The maximum atomic E-state index is 12.8. The molecule has 37 heavy (non-hydrogen) atoms. The van der Waals surface area contributed by atoms with Crippen molar-refractivity contribution in [2.75, 3.05) is 24.4 Å². The number of benzene rings is 1. The summed E-state index contributed by atoms with van der Waals surface area (Å²) in [5.41, 5.74) is 6.45. The molecule has 0 saturated heterocycles. The van der Waals surface area contributed by atoms with Gasteiger partial charge in [-0.15, -0.1) is 10.2 Å². The van der Waals surface area contributed by atoms with E-state index >= 15 is 0 Å². The second-order valence-corrected chi connectivity index (χ2v) is 8.40. The van der Waals surface area contributed by atoms with E-state index in [0.29, 0.717) is 11.3 Å². The smallest absolute Gasteiger partial charge is 0.272 e. The third kappa shape index (κ3) is 6.27. The predicted octanol–water partition coefficient (Wildman–Crippen LogP) is -0.534. The number of aliphatic hydroxyl groups is 1. The van der Waals surface area contributed by atoms with Crippen molar-refractivity contribution in [3.05, 3.63) is 35.8 Å². The largest absolute Gasteiger partial charge is 0.494 e. The van der Waals surface area contributed by atoms with Gasteiger partial charge in [0.05, 0.1) is 60.2 Å². The molecule has 6 radical (unpaired) electrons. The van der Waals surface area contributed by atoms with Crippen LogP contribution in [-0.4, -0.2) is 79.8 Å². The number of ether oxygens (including phenoxy) is 1. The number of para-hydroxylation sites is 1. The van der Waals surface area contributed by atoms with Gasteiger partial charge in [-0.05, 0) is 25.0 Å². The monoisotopic (exact) mass is 498 g/mol. The molecule has 6 N–H and O–H groups in total. The topological polar surface area (TPSA) is 190 Å². The van der Waals surface area contributed by atoms with E-state index in [1.165, 1.54) is 13.2 Å². The Labute approximate surface area is 215 Å². The lowest BCUT2D eigenvalue weighted by Gasteiger charge is -2.23. The number of aliphatic hydroxyl groups excluding tert-OH is 1. The summed E-state index contributed by atoms with van der Waals surface area (Å²) < 4.78 is 10.9. The number of hydrogen-bond acceptors (Lipinski definition) is 11. The zero-order valence-electron chi connectivity index (χ0n) is 19.8. The van der Waals surface area contributed by atoms with Gasteiger partial charge in [-0.25, -0.2) is 0 Å². The molecule has 184 valence electrons. The molecule has 2 heterocycles. The molecule has 1 atom stereocenters. The van der Waals surface area contributed by atoms with Crippen LogP contribution in [0.2, 0.25) is 0 Å². The van der Waals surface area contributed by atoms with Crippen molar-refractivity contribution in [1.29, 1.82) is 0 Å². The van der Waals surface area contributed by atoms with Crippen LogP contribution in [0.15, 0.2) is 28.8 Å². The lowest BCUT2D eigenvalue weighted by molar-refractivity contribution is -0.117. The molecule has 16 heteroatoms. The molecule has 1 fully saturated rings. The quantitative estimate of drug-likeness (QED) is 0.226. The second kappa shape index (κ2) is 10.6. The highest BCUT2D eigenvalue weighted by molar-refractivity contribution is 6.60. The second-order valence-electron chi connectivity index (χ2n) is 8.40. The lowest BCUT2D eigenvalue weighted by atomic mass is 9.49.